The SMILES string of the molecule is COc1ccccc1NC(=O)COc1ccc(/C=N/NC(=O)c2cccnc2)cc1OC. The van der Waals surface area contributed by atoms with Crippen molar-refractivity contribution in [1.82, 2.24) is 10.4 Å². The Balaban J connectivity index is 1.57. The monoisotopic (exact) mass is 434 g/mol. The van der Waals surface area contributed by atoms with E-state index < -0.39 is 0 Å². The van der Waals surface area contributed by atoms with Gasteiger partial charge < -0.3 is 19.5 Å². The molecule has 2 amide bonds. The van der Waals surface area contributed by atoms with Crippen molar-refractivity contribution in [3.8, 4) is 17.2 Å². The first-order valence-electron chi connectivity index (χ1n) is 9.58. The van der Waals surface area contributed by atoms with E-state index in [1.165, 1.54) is 26.6 Å². The van der Waals surface area contributed by atoms with Crippen LogP contribution in [0.25, 0.3) is 0 Å². The van der Waals surface area contributed by atoms with Crippen LogP contribution in [0, 0.1) is 0 Å². The fourth-order valence-electron chi connectivity index (χ4n) is 2.69. The standard InChI is InChI=1S/C23H22N4O5/c1-30-19-8-4-3-7-18(19)26-22(28)15-32-20-10-9-16(12-21(20)31-2)13-25-27-23(29)17-6-5-11-24-14-17/h3-14H,15H2,1-2H3,(H,26,28)(H,27,29)/b25-13+. The van der Waals surface area contributed by atoms with Crippen LogP contribution in [0.2, 0.25) is 0 Å². The van der Waals surface area contributed by atoms with E-state index in [4.69, 9.17) is 14.2 Å². The lowest BCUT2D eigenvalue weighted by atomic mass is 10.2. The number of hydrogen-bond acceptors (Lipinski definition) is 7. The average molecular weight is 434 g/mol. The average Bonchev–Trinajstić information content (AvgIpc) is 2.83. The summed E-state index contributed by atoms with van der Waals surface area (Å²) in [6.45, 7) is -0.219. The van der Waals surface area contributed by atoms with Crippen molar-refractivity contribution in [2.75, 3.05) is 26.1 Å². The molecule has 0 saturated heterocycles. The van der Waals surface area contributed by atoms with Gasteiger partial charge in [-0.2, -0.15) is 5.10 Å². The molecule has 1 aromatic heterocycles. The number of ether oxygens (including phenoxy) is 3. The van der Waals surface area contributed by atoms with Crippen LogP contribution in [-0.4, -0.2) is 43.8 Å². The molecule has 0 aliphatic heterocycles. The third-order valence-electron chi connectivity index (χ3n) is 4.23. The van der Waals surface area contributed by atoms with E-state index in [9.17, 15) is 9.59 Å². The molecule has 0 radical (unpaired) electrons. The number of aromatic nitrogens is 1. The summed E-state index contributed by atoms with van der Waals surface area (Å²) in [5, 5.41) is 6.67. The Kier molecular flexibility index (Phi) is 7.74. The third kappa shape index (κ3) is 6.05. The molecule has 2 aromatic carbocycles. The first kappa shape index (κ1) is 22.3. The van der Waals surface area contributed by atoms with E-state index in [0.29, 0.717) is 34.1 Å². The molecule has 0 saturated carbocycles. The minimum atomic E-state index is -0.373. The van der Waals surface area contributed by atoms with E-state index in [-0.39, 0.29) is 18.4 Å². The molecule has 0 bridgehead atoms. The quantitative estimate of drug-likeness (QED) is 0.396. The van der Waals surface area contributed by atoms with Gasteiger partial charge in [0.25, 0.3) is 11.8 Å². The summed E-state index contributed by atoms with van der Waals surface area (Å²) in [5.41, 5.74) is 4.04. The number of pyridine rings is 1. The summed E-state index contributed by atoms with van der Waals surface area (Å²) < 4.78 is 16.1. The molecule has 0 unspecified atom stereocenters. The third-order valence-corrected chi connectivity index (χ3v) is 4.23. The predicted molar refractivity (Wildman–Crippen MR) is 119 cm³/mol. The van der Waals surface area contributed by atoms with Crippen LogP contribution in [0.3, 0.4) is 0 Å². The van der Waals surface area contributed by atoms with Gasteiger partial charge in [0.1, 0.15) is 5.75 Å². The fraction of sp³-hybridized carbons (Fsp3) is 0.130. The Labute approximate surface area is 185 Å². The van der Waals surface area contributed by atoms with Gasteiger partial charge in [-0.1, -0.05) is 12.1 Å². The molecular formula is C23H22N4O5. The lowest BCUT2D eigenvalue weighted by molar-refractivity contribution is -0.118. The van der Waals surface area contributed by atoms with Gasteiger partial charge in [0.2, 0.25) is 0 Å². The number of nitrogens with one attached hydrogen (secondary N) is 2. The van der Waals surface area contributed by atoms with Gasteiger partial charge in [-0.25, -0.2) is 5.43 Å². The highest BCUT2D eigenvalue weighted by atomic mass is 16.5. The Morgan fingerprint density at radius 1 is 1.00 bits per heavy atom. The maximum atomic E-state index is 12.2. The highest BCUT2D eigenvalue weighted by molar-refractivity contribution is 5.95. The van der Waals surface area contributed by atoms with Crippen molar-refractivity contribution < 1.29 is 23.8 Å². The maximum absolute atomic E-state index is 12.2. The molecule has 32 heavy (non-hydrogen) atoms. The summed E-state index contributed by atoms with van der Waals surface area (Å²) in [6, 6.07) is 15.4. The molecule has 164 valence electrons. The molecule has 0 spiro atoms. The molecule has 2 N–H and O–H groups in total. The number of carbonyl (C=O) groups excluding carboxylic acids is 2. The van der Waals surface area contributed by atoms with E-state index >= 15 is 0 Å². The molecular weight excluding hydrogens is 412 g/mol. The van der Waals surface area contributed by atoms with E-state index in [2.05, 4.69) is 20.8 Å². The number of benzene rings is 2. The molecule has 3 aromatic rings. The second kappa shape index (κ2) is 11.1. The zero-order valence-corrected chi connectivity index (χ0v) is 17.6. The second-order valence-electron chi connectivity index (χ2n) is 6.39. The van der Waals surface area contributed by atoms with Crippen molar-refractivity contribution in [2.45, 2.75) is 0 Å². The number of rotatable bonds is 9. The lowest BCUT2D eigenvalue weighted by Gasteiger charge is -2.12. The normalized spacial score (nSPS) is 10.4. The smallest absolute Gasteiger partial charge is 0.272 e. The van der Waals surface area contributed by atoms with Crippen LogP contribution >= 0.6 is 0 Å². The summed E-state index contributed by atoms with van der Waals surface area (Å²) >= 11 is 0. The summed E-state index contributed by atoms with van der Waals surface area (Å²) in [7, 11) is 3.02. The number of anilines is 1. The predicted octanol–water partition coefficient (Wildman–Crippen LogP) is 2.88. The molecule has 9 nitrogen and oxygen atoms in total. The van der Waals surface area contributed by atoms with E-state index in [1.807, 2.05) is 6.07 Å². The van der Waals surface area contributed by atoms with Crippen molar-refractivity contribution in [3.63, 3.8) is 0 Å². The van der Waals surface area contributed by atoms with Gasteiger partial charge in [-0.05, 0) is 48.0 Å². The van der Waals surface area contributed by atoms with Crippen LogP contribution in [0.15, 0.2) is 72.1 Å². The van der Waals surface area contributed by atoms with Crippen LogP contribution in [0.1, 0.15) is 15.9 Å². The number of hydrazone groups is 1. The summed E-state index contributed by atoms with van der Waals surface area (Å²) in [4.78, 5) is 28.1. The topological polar surface area (TPSA) is 111 Å². The maximum Gasteiger partial charge on any atom is 0.272 e. The highest BCUT2D eigenvalue weighted by Crippen LogP contribution is 2.28. The minimum absolute atomic E-state index is 0.219. The zero-order chi connectivity index (χ0) is 22.8. The molecule has 9 heteroatoms. The number of para-hydroxylation sites is 2. The molecule has 3 rings (SSSR count). The Bertz CT molecular complexity index is 1100. The molecule has 1 heterocycles. The lowest BCUT2D eigenvalue weighted by Crippen LogP contribution is -2.20. The first-order chi connectivity index (χ1) is 15.6. The van der Waals surface area contributed by atoms with Crippen LogP contribution in [0.5, 0.6) is 17.2 Å². The van der Waals surface area contributed by atoms with Crippen LogP contribution in [-0.2, 0) is 4.79 Å². The van der Waals surface area contributed by atoms with Crippen molar-refractivity contribution >= 4 is 23.7 Å². The van der Waals surface area contributed by atoms with Crippen molar-refractivity contribution in [2.24, 2.45) is 5.10 Å². The van der Waals surface area contributed by atoms with Crippen LogP contribution in [0.4, 0.5) is 5.69 Å². The van der Waals surface area contributed by atoms with Gasteiger partial charge in [0.15, 0.2) is 18.1 Å². The zero-order valence-electron chi connectivity index (χ0n) is 17.6. The minimum Gasteiger partial charge on any atom is -0.495 e. The Hall–Kier alpha value is -4.40. The van der Waals surface area contributed by atoms with E-state index in [0.717, 1.165) is 0 Å². The fourth-order valence-corrected chi connectivity index (χ4v) is 2.69. The summed E-state index contributed by atoms with van der Waals surface area (Å²) in [5.74, 6) is 0.636. The first-order valence-corrected chi connectivity index (χ1v) is 9.58. The molecule has 0 aliphatic rings. The van der Waals surface area contributed by atoms with E-state index in [1.54, 1.807) is 54.7 Å². The molecule has 0 atom stereocenters. The Morgan fingerprint density at radius 2 is 1.81 bits per heavy atom. The second-order valence-corrected chi connectivity index (χ2v) is 6.39. The van der Waals surface area contributed by atoms with Gasteiger partial charge in [-0.3, -0.25) is 14.6 Å². The van der Waals surface area contributed by atoms with Gasteiger partial charge in [0.05, 0.1) is 31.7 Å². The molecule has 0 fully saturated rings. The molecule has 0 aliphatic carbocycles. The van der Waals surface area contributed by atoms with Gasteiger partial charge in [0, 0.05) is 12.4 Å². The number of hydrogen-bond donors (Lipinski definition) is 2. The number of amides is 2. The van der Waals surface area contributed by atoms with Crippen molar-refractivity contribution in [3.05, 3.63) is 78.1 Å². The van der Waals surface area contributed by atoms with Gasteiger partial charge in [-0.15, -0.1) is 0 Å². The van der Waals surface area contributed by atoms with Gasteiger partial charge >= 0.3 is 0 Å². The highest BCUT2D eigenvalue weighted by Gasteiger charge is 2.11. The van der Waals surface area contributed by atoms with Crippen LogP contribution < -0.4 is 25.0 Å². The summed E-state index contributed by atoms with van der Waals surface area (Å²) in [6.07, 6.45) is 4.50. The Morgan fingerprint density at radius 3 is 2.56 bits per heavy atom. The number of methoxy groups -OCH3 is 2. The largest absolute Gasteiger partial charge is 0.495 e. The number of carbonyl (C=O) groups is 2. The van der Waals surface area contributed by atoms with Crippen molar-refractivity contribution in [1.29, 1.82) is 0 Å². The number of nitrogens with zero attached hydrogens (tertiary/aromatic N) is 2.